The van der Waals surface area contributed by atoms with Gasteiger partial charge in [-0.25, -0.2) is 9.69 Å². The first-order chi connectivity index (χ1) is 10.9. The highest BCUT2D eigenvalue weighted by Gasteiger charge is 2.22. The molecule has 5 nitrogen and oxygen atoms in total. The lowest BCUT2D eigenvalue weighted by Crippen LogP contribution is -2.33. The Balaban J connectivity index is 5.78. The number of likely N-dealkylation sites (N-methyl/N-ethyl adjacent to an activating group) is 1. The van der Waals surface area contributed by atoms with Crippen molar-refractivity contribution in [1.29, 1.82) is 0 Å². The topological polar surface area (TPSA) is 58.6 Å². The van der Waals surface area contributed by atoms with E-state index in [1.807, 2.05) is 27.7 Å². The van der Waals surface area contributed by atoms with Gasteiger partial charge in [0.05, 0.1) is 6.61 Å². The van der Waals surface area contributed by atoms with Gasteiger partial charge in [0.1, 0.15) is 0 Å². The number of amides is 2. The fourth-order valence-electron chi connectivity index (χ4n) is 1.77. The molecule has 1 N–H and O–H groups in total. The zero-order valence-corrected chi connectivity index (χ0v) is 15.0. The lowest BCUT2D eigenvalue weighted by molar-refractivity contribution is -0.123. The van der Waals surface area contributed by atoms with Crippen LogP contribution >= 0.6 is 0 Å². The number of hydrogen-bond donors (Lipinski definition) is 1. The lowest BCUT2D eigenvalue weighted by atomic mass is 10.1. The lowest BCUT2D eigenvalue weighted by Gasteiger charge is -2.17. The average molecular weight is 320 g/mol. The van der Waals surface area contributed by atoms with E-state index in [1.54, 1.807) is 38.2 Å². The molecule has 0 rings (SSSR count). The number of carbonyl (C=O) groups is 2. The molecule has 0 aliphatic carbocycles. The summed E-state index contributed by atoms with van der Waals surface area (Å²) in [6, 6.07) is 0. The van der Waals surface area contributed by atoms with Crippen LogP contribution in [0.4, 0.5) is 4.79 Å². The summed E-state index contributed by atoms with van der Waals surface area (Å²) >= 11 is 0. The van der Waals surface area contributed by atoms with Crippen LogP contribution in [0.15, 0.2) is 47.3 Å². The normalized spacial score (nSPS) is 11.7. The van der Waals surface area contributed by atoms with E-state index in [-0.39, 0.29) is 6.61 Å². The van der Waals surface area contributed by atoms with Crippen molar-refractivity contribution >= 4 is 12.0 Å². The molecule has 128 valence electrons. The molecule has 0 aromatic rings. The molecular formula is C18H28N2O3. The molecular weight excluding hydrogens is 292 g/mol. The highest BCUT2D eigenvalue weighted by Crippen LogP contribution is 2.12. The van der Waals surface area contributed by atoms with Gasteiger partial charge in [0.25, 0.3) is 5.91 Å². The predicted molar refractivity (Wildman–Crippen MR) is 93.6 cm³/mol. The van der Waals surface area contributed by atoms with Crippen LogP contribution in [-0.2, 0) is 9.53 Å². The van der Waals surface area contributed by atoms with E-state index < -0.39 is 12.0 Å². The minimum Gasteiger partial charge on any atom is -0.449 e. The molecule has 0 spiro atoms. The Morgan fingerprint density at radius 3 is 2.22 bits per heavy atom. The van der Waals surface area contributed by atoms with Gasteiger partial charge in [0, 0.05) is 24.0 Å². The van der Waals surface area contributed by atoms with E-state index in [0.717, 1.165) is 22.7 Å². The minimum atomic E-state index is -0.687. The van der Waals surface area contributed by atoms with Crippen molar-refractivity contribution < 1.29 is 14.3 Å². The summed E-state index contributed by atoms with van der Waals surface area (Å²) in [5.74, 6) is -0.434. The molecule has 0 radical (unpaired) electrons. The molecule has 0 aliphatic heterocycles. The van der Waals surface area contributed by atoms with Crippen molar-refractivity contribution in [3.8, 4) is 0 Å². The van der Waals surface area contributed by atoms with Crippen LogP contribution in [0.3, 0.4) is 0 Å². The molecule has 0 fully saturated rings. The quantitative estimate of drug-likeness (QED) is 0.571. The zero-order valence-electron chi connectivity index (χ0n) is 15.0. The Morgan fingerprint density at radius 2 is 1.78 bits per heavy atom. The minimum absolute atomic E-state index is 0.208. The Hall–Kier alpha value is -2.30. The molecule has 0 heterocycles. The summed E-state index contributed by atoms with van der Waals surface area (Å²) < 4.78 is 4.94. The SMILES string of the molecule is C/C=C/C(=C/C(NCC)=C(C)C)C(=O)N(/C=C/C)C(=O)OCC. The van der Waals surface area contributed by atoms with Crippen molar-refractivity contribution in [2.75, 3.05) is 13.2 Å². The van der Waals surface area contributed by atoms with Gasteiger partial charge in [0.2, 0.25) is 0 Å². The van der Waals surface area contributed by atoms with Crippen LogP contribution in [-0.4, -0.2) is 30.1 Å². The molecule has 23 heavy (non-hydrogen) atoms. The monoisotopic (exact) mass is 320 g/mol. The third-order valence-electron chi connectivity index (χ3n) is 2.78. The van der Waals surface area contributed by atoms with Gasteiger partial charge in [-0.15, -0.1) is 0 Å². The molecule has 2 amide bonds. The highest BCUT2D eigenvalue weighted by atomic mass is 16.6. The second-order valence-corrected chi connectivity index (χ2v) is 4.90. The van der Waals surface area contributed by atoms with Crippen molar-refractivity contribution in [1.82, 2.24) is 10.2 Å². The summed E-state index contributed by atoms with van der Waals surface area (Å²) in [5.41, 5.74) is 2.31. The van der Waals surface area contributed by atoms with Crippen LogP contribution in [0, 0.1) is 0 Å². The van der Waals surface area contributed by atoms with Crippen molar-refractivity contribution in [2.24, 2.45) is 0 Å². The number of ether oxygens (including phenoxy) is 1. The maximum atomic E-state index is 12.7. The first-order valence-electron chi connectivity index (χ1n) is 7.81. The Labute approximate surface area is 139 Å². The Kier molecular flexibility index (Phi) is 10.2. The van der Waals surface area contributed by atoms with Gasteiger partial charge < -0.3 is 10.1 Å². The van der Waals surface area contributed by atoms with Crippen LogP contribution in [0.5, 0.6) is 0 Å². The van der Waals surface area contributed by atoms with Crippen LogP contribution in [0.25, 0.3) is 0 Å². The standard InChI is InChI=1S/C18H28N2O3/c1-7-11-15(13-16(14(5)6)19-9-3)17(21)20(12-8-2)18(22)23-10-4/h7-8,11-13,19H,9-10H2,1-6H3/b11-7+,12-8+,15-13-. The molecule has 0 aromatic heterocycles. The van der Waals surface area contributed by atoms with Crippen LogP contribution < -0.4 is 5.32 Å². The number of hydrogen-bond acceptors (Lipinski definition) is 4. The average Bonchev–Trinajstić information content (AvgIpc) is 2.50. The number of carbonyl (C=O) groups excluding carboxylic acids is 2. The smallest absolute Gasteiger partial charge is 0.420 e. The molecule has 0 atom stereocenters. The van der Waals surface area contributed by atoms with Gasteiger partial charge >= 0.3 is 6.09 Å². The molecule has 0 saturated heterocycles. The summed E-state index contributed by atoms with van der Waals surface area (Å²) in [4.78, 5) is 25.7. The number of nitrogens with one attached hydrogen (secondary N) is 1. The van der Waals surface area contributed by atoms with Gasteiger partial charge in [-0.1, -0.05) is 23.8 Å². The fraction of sp³-hybridized carbons (Fsp3) is 0.444. The van der Waals surface area contributed by atoms with E-state index in [1.165, 1.54) is 6.20 Å². The second-order valence-electron chi connectivity index (χ2n) is 4.90. The van der Waals surface area contributed by atoms with Gasteiger partial charge in [0.15, 0.2) is 0 Å². The van der Waals surface area contributed by atoms with Crippen molar-refractivity contribution in [3.05, 3.63) is 47.3 Å². The maximum absolute atomic E-state index is 12.7. The zero-order chi connectivity index (χ0) is 17.8. The summed E-state index contributed by atoms with van der Waals surface area (Å²) in [6.45, 7) is 12.1. The largest absolute Gasteiger partial charge is 0.449 e. The first-order valence-corrected chi connectivity index (χ1v) is 7.81. The van der Waals surface area contributed by atoms with Crippen LogP contribution in [0.1, 0.15) is 41.5 Å². The summed E-state index contributed by atoms with van der Waals surface area (Å²) in [6.07, 6.45) is 7.53. The summed E-state index contributed by atoms with van der Waals surface area (Å²) in [5, 5.41) is 3.22. The number of rotatable bonds is 7. The van der Waals surface area contributed by atoms with Crippen LogP contribution in [0.2, 0.25) is 0 Å². The first kappa shape index (κ1) is 20.7. The van der Waals surface area contributed by atoms with Gasteiger partial charge in [-0.3, -0.25) is 4.79 Å². The Morgan fingerprint density at radius 1 is 1.13 bits per heavy atom. The summed E-state index contributed by atoms with van der Waals surface area (Å²) in [7, 11) is 0. The third kappa shape index (κ3) is 7.00. The van der Waals surface area contributed by atoms with Crippen molar-refractivity contribution in [3.63, 3.8) is 0 Å². The Bertz CT molecular complexity index is 524. The van der Waals surface area contributed by atoms with Crippen molar-refractivity contribution in [2.45, 2.75) is 41.5 Å². The molecule has 5 heteroatoms. The predicted octanol–water partition coefficient (Wildman–Crippen LogP) is 3.91. The van der Waals surface area contributed by atoms with Gasteiger partial charge in [-0.05, 0) is 47.6 Å². The van der Waals surface area contributed by atoms with E-state index in [0.29, 0.717) is 5.57 Å². The van der Waals surface area contributed by atoms with E-state index in [2.05, 4.69) is 5.32 Å². The van der Waals surface area contributed by atoms with E-state index >= 15 is 0 Å². The second kappa shape index (κ2) is 11.3. The van der Waals surface area contributed by atoms with Gasteiger partial charge in [-0.2, -0.15) is 0 Å². The third-order valence-corrected chi connectivity index (χ3v) is 2.78. The number of nitrogens with zero attached hydrogens (tertiary/aromatic N) is 1. The molecule has 0 saturated carbocycles. The molecule has 0 unspecified atom stereocenters. The molecule has 0 aliphatic rings. The number of allylic oxidation sites excluding steroid dienone is 4. The maximum Gasteiger partial charge on any atom is 0.420 e. The van der Waals surface area contributed by atoms with E-state index in [9.17, 15) is 9.59 Å². The fourth-order valence-corrected chi connectivity index (χ4v) is 1.77. The number of imide groups is 1. The highest BCUT2D eigenvalue weighted by molar-refractivity contribution is 6.05. The van der Waals surface area contributed by atoms with E-state index in [4.69, 9.17) is 4.74 Å². The molecule has 0 aromatic carbocycles. The molecule has 0 bridgehead atoms.